The predicted octanol–water partition coefficient (Wildman–Crippen LogP) is 2.37. The molecule has 0 aromatic carbocycles. The van der Waals surface area contributed by atoms with Crippen molar-refractivity contribution in [1.82, 2.24) is 4.98 Å². The maximum Gasteiger partial charge on any atom is 0.309 e. The minimum absolute atomic E-state index is 0.0151. The smallest absolute Gasteiger partial charge is 0.309 e. The van der Waals surface area contributed by atoms with Crippen LogP contribution < -0.4 is 5.32 Å². The zero-order chi connectivity index (χ0) is 11.5. The van der Waals surface area contributed by atoms with E-state index >= 15 is 0 Å². The summed E-state index contributed by atoms with van der Waals surface area (Å²) in [6.45, 7) is 2.20. The van der Waals surface area contributed by atoms with Crippen molar-refractivity contribution in [3.8, 4) is 0 Å². The van der Waals surface area contributed by atoms with E-state index in [1.54, 1.807) is 0 Å². The average Bonchev–Trinajstić information content (AvgIpc) is 2.76. The highest BCUT2D eigenvalue weighted by atomic mass is 32.1. The van der Waals surface area contributed by atoms with Gasteiger partial charge in [0.25, 0.3) is 0 Å². The second-order valence-electron chi connectivity index (χ2n) is 4.25. The van der Waals surface area contributed by atoms with Crippen LogP contribution in [0.5, 0.6) is 0 Å². The third kappa shape index (κ3) is 2.95. The van der Waals surface area contributed by atoms with Crippen LogP contribution in [0.1, 0.15) is 31.9 Å². The Hall–Kier alpha value is -1.10. The molecule has 0 aliphatic heterocycles. The number of hydrogen-bond donors (Lipinski definition) is 2. The van der Waals surface area contributed by atoms with Crippen LogP contribution in [-0.4, -0.2) is 22.1 Å². The van der Waals surface area contributed by atoms with E-state index < -0.39 is 5.97 Å². The first-order valence-corrected chi connectivity index (χ1v) is 6.49. The summed E-state index contributed by atoms with van der Waals surface area (Å²) >= 11 is 1.49. The average molecular weight is 240 g/mol. The van der Waals surface area contributed by atoms with Crippen molar-refractivity contribution in [2.75, 3.05) is 5.32 Å². The van der Waals surface area contributed by atoms with Gasteiger partial charge in [0.1, 0.15) is 0 Å². The van der Waals surface area contributed by atoms with E-state index in [1.807, 2.05) is 5.38 Å². The molecule has 2 N–H and O–H groups in total. The van der Waals surface area contributed by atoms with Gasteiger partial charge in [-0.05, 0) is 18.8 Å². The number of thiazole rings is 1. The van der Waals surface area contributed by atoms with Crippen molar-refractivity contribution < 1.29 is 9.90 Å². The molecular formula is C11H16N2O2S. The van der Waals surface area contributed by atoms with Gasteiger partial charge in [-0.3, -0.25) is 4.79 Å². The minimum atomic E-state index is -0.827. The second kappa shape index (κ2) is 4.82. The van der Waals surface area contributed by atoms with Crippen LogP contribution in [0.3, 0.4) is 0 Å². The van der Waals surface area contributed by atoms with Gasteiger partial charge in [-0.1, -0.05) is 13.3 Å². The Kier molecular flexibility index (Phi) is 3.43. The van der Waals surface area contributed by atoms with E-state index in [1.165, 1.54) is 30.6 Å². The van der Waals surface area contributed by atoms with E-state index in [-0.39, 0.29) is 6.42 Å². The summed E-state index contributed by atoms with van der Waals surface area (Å²) < 4.78 is 0. The quantitative estimate of drug-likeness (QED) is 0.801. The normalized spacial score (nSPS) is 23.1. The second-order valence-corrected chi connectivity index (χ2v) is 5.11. The van der Waals surface area contributed by atoms with Gasteiger partial charge in [-0.15, -0.1) is 11.3 Å². The zero-order valence-electron chi connectivity index (χ0n) is 9.27. The number of carboxylic acid groups (broad SMARTS) is 1. The molecule has 1 heterocycles. The Morgan fingerprint density at radius 2 is 2.56 bits per heavy atom. The standard InChI is InChI=1S/C11H16N2O2S/c1-2-3-7-4-9(7)13-11-12-8(6-16-11)5-10(14)15/h6-7,9H,2-5H2,1H3,(H,12,13)(H,14,15). The molecule has 1 aliphatic carbocycles. The van der Waals surface area contributed by atoms with Crippen LogP contribution in [0.25, 0.3) is 0 Å². The molecule has 4 nitrogen and oxygen atoms in total. The van der Waals surface area contributed by atoms with Gasteiger partial charge >= 0.3 is 5.97 Å². The number of carbonyl (C=O) groups is 1. The van der Waals surface area contributed by atoms with Crippen molar-refractivity contribution in [1.29, 1.82) is 0 Å². The number of anilines is 1. The summed E-state index contributed by atoms with van der Waals surface area (Å²) in [5, 5.41) is 14.7. The first-order valence-electron chi connectivity index (χ1n) is 5.61. The summed E-state index contributed by atoms with van der Waals surface area (Å²) in [4.78, 5) is 14.7. The largest absolute Gasteiger partial charge is 0.481 e. The van der Waals surface area contributed by atoms with Gasteiger partial charge in [0.15, 0.2) is 5.13 Å². The molecule has 16 heavy (non-hydrogen) atoms. The van der Waals surface area contributed by atoms with Crippen LogP contribution in [0.2, 0.25) is 0 Å². The third-order valence-electron chi connectivity index (χ3n) is 2.78. The highest BCUT2D eigenvalue weighted by Crippen LogP contribution is 2.37. The van der Waals surface area contributed by atoms with Crippen molar-refractivity contribution in [2.45, 2.75) is 38.6 Å². The first-order chi connectivity index (χ1) is 7.69. The molecule has 0 radical (unpaired) electrons. The molecule has 1 aromatic rings. The molecule has 1 aromatic heterocycles. The Bertz CT molecular complexity index is 378. The van der Waals surface area contributed by atoms with Gasteiger partial charge in [-0.2, -0.15) is 0 Å². The van der Waals surface area contributed by atoms with E-state index in [2.05, 4.69) is 17.2 Å². The van der Waals surface area contributed by atoms with Crippen LogP contribution in [0.4, 0.5) is 5.13 Å². The van der Waals surface area contributed by atoms with Crippen molar-refractivity contribution in [2.24, 2.45) is 5.92 Å². The monoisotopic (exact) mass is 240 g/mol. The fourth-order valence-electron chi connectivity index (χ4n) is 1.88. The molecule has 0 bridgehead atoms. The fourth-order valence-corrected chi connectivity index (χ4v) is 2.66. The number of carboxylic acids is 1. The Labute approximate surface area is 98.7 Å². The Balaban J connectivity index is 1.82. The molecule has 1 aliphatic rings. The summed E-state index contributed by atoms with van der Waals surface area (Å²) in [7, 11) is 0. The third-order valence-corrected chi connectivity index (χ3v) is 3.60. The lowest BCUT2D eigenvalue weighted by molar-refractivity contribution is -0.136. The van der Waals surface area contributed by atoms with E-state index in [4.69, 9.17) is 5.11 Å². The molecular weight excluding hydrogens is 224 g/mol. The lowest BCUT2D eigenvalue weighted by atomic mass is 10.2. The Morgan fingerprint density at radius 3 is 3.25 bits per heavy atom. The number of nitrogens with zero attached hydrogens (tertiary/aromatic N) is 1. The lowest BCUT2D eigenvalue weighted by Crippen LogP contribution is -2.05. The number of aromatic nitrogens is 1. The zero-order valence-corrected chi connectivity index (χ0v) is 10.1. The van der Waals surface area contributed by atoms with Crippen LogP contribution >= 0.6 is 11.3 Å². The number of aliphatic carboxylic acids is 1. The molecule has 0 saturated heterocycles. The maximum atomic E-state index is 10.5. The van der Waals surface area contributed by atoms with Gasteiger partial charge < -0.3 is 10.4 Å². The van der Waals surface area contributed by atoms with Gasteiger partial charge in [-0.25, -0.2) is 4.98 Å². The molecule has 88 valence electrons. The van der Waals surface area contributed by atoms with Crippen LogP contribution in [0, 0.1) is 5.92 Å². The molecule has 1 fully saturated rings. The van der Waals surface area contributed by atoms with Gasteiger partial charge in [0, 0.05) is 11.4 Å². The van der Waals surface area contributed by atoms with E-state index in [0.29, 0.717) is 11.7 Å². The molecule has 0 amide bonds. The first kappa shape index (κ1) is 11.4. The number of hydrogen-bond acceptors (Lipinski definition) is 4. The molecule has 2 unspecified atom stereocenters. The molecule has 5 heteroatoms. The van der Waals surface area contributed by atoms with E-state index in [0.717, 1.165) is 11.0 Å². The van der Waals surface area contributed by atoms with E-state index in [9.17, 15) is 4.79 Å². The van der Waals surface area contributed by atoms with Crippen molar-refractivity contribution in [3.05, 3.63) is 11.1 Å². The molecule has 0 spiro atoms. The molecule has 2 rings (SSSR count). The molecule has 2 atom stereocenters. The summed E-state index contributed by atoms with van der Waals surface area (Å²) in [5.74, 6) is -0.0380. The minimum Gasteiger partial charge on any atom is -0.481 e. The maximum absolute atomic E-state index is 10.5. The van der Waals surface area contributed by atoms with Crippen LogP contribution in [0.15, 0.2) is 5.38 Å². The SMILES string of the molecule is CCCC1CC1Nc1nc(CC(=O)O)cs1. The summed E-state index contributed by atoms with van der Waals surface area (Å²) in [6, 6.07) is 0.559. The summed E-state index contributed by atoms with van der Waals surface area (Å²) in [5.41, 5.74) is 0.646. The number of rotatable bonds is 6. The molecule has 1 saturated carbocycles. The topological polar surface area (TPSA) is 62.2 Å². The number of nitrogens with one attached hydrogen (secondary N) is 1. The highest BCUT2D eigenvalue weighted by molar-refractivity contribution is 7.13. The van der Waals surface area contributed by atoms with Gasteiger partial charge in [0.05, 0.1) is 12.1 Å². The predicted molar refractivity (Wildman–Crippen MR) is 63.9 cm³/mol. The Morgan fingerprint density at radius 1 is 1.75 bits per heavy atom. The van der Waals surface area contributed by atoms with Crippen molar-refractivity contribution >= 4 is 22.4 Å². The summed E-state index contributed by atoms with van der Waals surface area (Å²) in [6.07, 6.45) is 3.74. The van der Waals surface area contributed by atoms with Crippen LogP contribution in [-0.2, 0) is 11.2 Å². The van der Waals surface area contributed by atoms with Gasteiger partial charge in [0.2, 0.25) is 0 Å². The van der Waals surface area contributed by atoms with Crippen molar-refractivity contribution in [3.63, 3.8) is 0 Å². The fraction of sp³-hybridized carbons (Fsp3) is 0.636. The lowest BCUT2D eigenvalue weighted by Gasteiger charge is -1.99. The highest BCUT2D eigenvalue weighted by Gasteiger charge is 2.36.